The van der Waals surface area contributed by atoms with Gasteiger partial charge in [-0.1, -0.05) is 43.2 Å². The van der Waals surface area contributed by atoms with Gasteiger partial charge in [-0.25, -0.2) is 0 Å². The maximum Gasteiger partial charge on any atom is 0.237 e. The van der Waals surface area contributed by atoms with E-state index in [1.165, 1.54) is 18.4 Å². The number of carbonyl (C=O) groups excluding carboxylic acids is 2. The number of rotatable bonds is 7. The van der Waals surface area contributed by atoms with Crippen molar-refractivity contribution in [3.8, 4) is 0 Å². The van der Waals surface area contributed by atoms with Gasteiger partial charge in [0.15, 0.2) is 0 Å². The molecule has 4 rings (SSSR count). The molecule has 3 fully saturated rings. The van der Waals surface area contributed by atoms with Crippen LogP contribution in [0.4, 0.5) is 0 Å². The highest BCUT2D eigenvalue weighted by Crippen LogP contribution is 2.27. The molecule has 6 nitrogen and oxygen atoms in total. The van der Waals surface area contributed by atoms with E-state index >= 15 is 0 Å². The summed E-state index contributed by atoms with van der Waals surface area (Å²) in [5, 5.41) is 6.09. The van der Waals surface area contributed by atoms with Gasteiger partial charge in [0.25, 0.3) is 0 Å². The lowest BCUT2D eigenvalue weighted by Gasteiger charge is -2.39. The Balaban J connectivity index is 1.19. The van der Waals surface area contributed by atoms with Gasteiger partial charge in [0.2, 0.25) is 11.8 Å². The summed E-state index contributed by atoms with van der Waals surface area (Å²) in [7, 11) is 0. The molecule has 2 N–H and O–H groups in total. The van der Waals surface area contributed by atoms with Crippen LogP contribution in [0.25, 0.3) is 0 Å². The number of nitrogens with zero attached hydrogens (tertiary/aromatic N) is 2. The van der Waals surface area contributed by atoms with Crippen molar-refractivity contribution in [1.82, 2.24) is 20.4 Å². The number of benzene rings is 1. The van der Waals surface area contributed by atoms with Gasteiger partial charge in [-0.2, -0.15) is 0 Å². The molecule has 2 aliphatic heterocycles. The minimum atomic E-state index is -0.297. The van der Waals surface area contributed by atoms with E-state index in [-0.39, 0.29) is 24.3 Å². The van der Waals surface area contributed by atoms with Crippen molar-refractivity contribution in [1.29, 1.82) is 0 Å². The Kier molecular flexibility index (Phi) is 7.39. The molecule has 6 heteroatoms. The molecular weight excluding hydrogens is 376 g/mol. The Morgan fingerprint density at radius 3 is 2.50 bits per heavy atom. The largest absolute Gasteiger partial charge is 0.356 e. The quantitative estimate of drug-likeness (QED) is 0.720. The van der Waals surface area contributed by atoms with Gasteiger partial charge >= 0.3 is 0 Å². The molecule has 2 saturated heterocycles. The summed E-state index contributed by atoms with van der Waals surface area (Å²) in [5.74, 6) is 0.580. The molecule has 2 heterocycles. The first-order chi connectivity index (χ1) is 14.7. The van der Waals surface area contributed by atoms with Crippen LogP contribution >= 0.6 is 0 Å². The van der Waals surface area contributed by atoms with Crippen molar-refractivity contribution in [2.75, 3.05) is 32.7 Å². The SMILES string of the molecule is O=C(C[C@@H]1C(=O)NCCN1C1CCCC1)NCC1CCN(Cc2ccccc2)CC1. The smallest absolute Gasteiger partial charge is 0.237 e. The fraction of sp³-hybridized carbons (Fsp3) is 0.667. The third kappa shape index (κ3) is 5.61. The molecule has 1 saturated carbocycles. The molecule has 2 amide bonds. The van der Waals surface area contributed by atoms with E-state index in [1.807, 2.05) is 0 Å². The fourth-order valence-corrected chi connectivity index (χ4v) is 5.31. The minimum Gasteiger partial charge on any atom is -0.356 e. The Hall–Kier alpha value is -1.92. The summed E-state index contributed by atoms with van der Waals surface area (Å²) in [6.45, 7) is 5.47. The lowest BCUT2D eigenvalue weighted by Crippen LogP contribution is -2.59. The zero-order valence-corrected chi connectivity index (χ0v) is 18.0. The lowest BCUT2D eigenvalue weighted by molar-refractivity contribution is -0.135. The molecule has 1 aromatic rings. The number of carbonyl (C=O) groups is 2. The first-order valence-electron chi connectivity index (χ1n) is 11.8. The van der Waals surface area contributed by atoms with Crippen LogP contribution in [0.1, 0.15) is 50.5 Å². The number of piperidine rings is 1. The second-order valence-corrected chi connectivity index (χ2v) is 9.20. The maximum absolute atomic E-state index is 12.6. The van der Waals surface area contributed by atoms with E-state index in [9.17, 15) is 9.59 Å². The Morgan fingerprint density at radius 1 is 1.03 bits per heavy atom. The molecular formula is C24H36N4O2. The lowest BCUT2D eigenvalue weighted by atomic mass is 9.96. The summed E-state index contributed by atoms with van der Waals surface area (Å²) in [6, 6.07) is 10.8. The van der Waals surface area contributed by atoms with E-state index < -0.39 is 0 Å². The number of hydrogen-bond acceptors (Lipinski definition) is 4. The molecule has 3 aliphatic rings. The van der Waals surface area contributed by atoms with Crippen molar-refractivity contribution in [3.63, 3.8) is 0 Å². The number of likely N-dealkylation sites (tertiary alicyclic amines) is 1. The Labute approximate surface area is 180 Å². The minimum absolute atomic E-state index is 0.0202. The fourth-order valence-electron chi connectivity index (χ4n) is 5.31. The van der Waals surface area contributed by atoms with Crippen LogP contribution in [0.3, 0.4) is 0 Å². The average molecular weight is 413 g/mol. The van der Waals surface area contributed by atoms with Crippen LogP contribution in [-0.4, -0.2) is 66.4 Å². The third-order valence-corrected chi connectivity index (χ3v) is 7.09. The molecule has 1 aromatic carbocycles. The topological polar surface area (TPSA) is 64.7 Å². The van der Waals surface area contributed by atoms with Gasteiger partial charge < -0.3 is 10.6 Å². The van der Waals surface area contributed by atoms with Crippen molar-refractivity contribution < 1.29 is 9.59 Å². The summed E-state index contributed by atoms with van der Waals surface area (Å²) < 4.78 is 0. The molecule has 0 spiro atoms. The first-order valence-corrected chi connectivity index (χ1v) is 11.8. The van der Waals surface area contributed by atoms with E-state index in [1.54, 1.807) is 0 Å². The molecule has 0 unspecified atom stereocenters. The molecule has 1 aliphatic carbocycles. The normalized spacial score (nSPS) is 24.7. The molecule has 164 valence electrons. The van der Waals surface area contributed by atoms with Crippen molar-refractivity contribution in [2.45, 2.75) is 63.6 Å². The van der Waals surface area contributed by atoms with E-state index in [4.69, 9.17) is 0 Å². The van der Waals surface area contributed by atoms with Gasteiger partial charge in [0.05, 0.1) is 12.5 Å². The van der Waals surface area contributed by atoms with Gasteiger partial charge in [-0.05, 0) is 50.3 Å². The summed E-state index contributed by atoms with van der Waals surface area (Å²) in [4.78, 5) is 29.9. The predicted octanol–water partition coefficient (Wildman–Crippen LogP) is 2.15. The predicted molar refractivity (Wildman–Crippen MR) is 118 cm³/mol. The van der Waals surface area contributed by atoms with Gasteiger partial charge in [0, 0.05) is 32.2 Å². The summed E-state index contributed by atoms with van der Waals surface area (Å²) >= 11 is 0. The molecule has 30 heavy (non-hydrogen) atoms. The molecule has 1 atom stereocenters. The van der Waals surface area contributed by atoms with E-state index in [0.717, 1.165) is 58.4 Å². The second-order valence-electron chi connectivity index (χ2n) is 9.20. The molecule has 0 aromatic heterocycles. The van der Waals surface area contributed by atoms with E-state index in [2.05, 4.69) is 50.8 Å². The van der Waals surface area contributed by atoms with E-state index in [0.29, 0.717) is 18.5 Å². The monoisotopic (exact) mass is 412 g/mol. The van der Waals surface area contributed by atoms with Crippen molar-refractivity contribution >= 4 is 11.8 Å². The van der Waals surface area contributed by atoms with Gasteiger partial charge in [-0.15, -0.1) is 0 Å². The summed E-state index contributed by atoms with van der Waals surface area (Å²) in [5.41, 5.74) is 1.36. The second kappa shape index (κ2) is 10.4. The number of nitrogens with one attached hydrogen (secondary N) is 2. The van der Waals surface area contributed by atoms with Crippen molar-refractivity contribution in [3.05, 3.63) is 35.9 Å². The highest BCUT2D eigenvalue weighted by molar-refractivity contribution is 5.88. The van der Waals surface area contributed by atoms with Crippen LogP contribution in [0.15, 0.2) is 30.3 Å². The highest BCUT2D eigenvalue weighted by atomic mass is 16.2. The van der Waals surface area contributed by atoms with Crippen LogP contribution in [0.2, 0.25) is 0 Å². The maximum atomic E-state index is 12.6. The Bertz CT molecular complexity index is 696. The molecule has 0 radical (unpaired) electrons. The zero-order valence-electron chi connectivity index (χ0n) is 18.0. The summed E-state index contributed by atoms with van der Waals surface area (Å²) in [6.07, 6.45) is 7.32. The number of hydrogen-bond donors (Lipinski definition) is 2. The standard InChI is InChI=1S/C24H36N4O2/c29-23(16-22-24(30)25-12-15-28(22)21-8-4-5-9-21)26-17-19-10-13-27(14-11-19)18-20-6-2-1-3-7-20/h1-3,6-7,19,21-22H,4-5,8-18H2,(H,25,30)(H,26,29)/t22-/m1/s1. The van der Waals surface area contributed by atoms with Crippen LogP contribution < -0.4 is 10.6 Å². The zero-order chi connectivity index (χ0) is 20.8. The number of piperazine rings is 1. The number of amides is 2. The third-order valence-electron chi connectivity index (χ3n) is 7.09. The molecule has 0 bridgehead atoms. The average Bonchev–Trinajstić information content (AvgIpc) is 3.30. The van der Waals surface area contributed by atoms with Crippen LogP contribution in [0, 0.1) is 5.92 Å². The first kappa shape index (κ1) is 21.3. The Morgan fingerprint density at radius 2 is 1.77 bits per heavy atom. The van der Waals surface area contributed by atoms with Crippen LogP contribution in [0.5, 0.6) is 0 Å². The highest BCUT2D eigenvalue weighted by Gasteiger charge is 2.36. The van der Waals surface area contributed by atoms with Crippen molar-refractivity contribution in [2.24, 2.45) is 5.92 Å². The van der Waals surface area contributed by atoms with Crippen LogP contribution in [-0.2, 0) is 16.1 Å². The van der Waals surface area contributed by atoms with Gasteiger partial charge in [0.1, 0.15) is 0 Å². The van der Waals surface area contributed by atoms with Gasteiger partial charge in [-0.3, -0.25) is 19.4 Å².